The van der Waals surface area contributed by atoms with Gasteiger partial charge in [0, 0.05) is 0 Å². The quantitative estimate of drug-likeness (QED) is 0.746. The van der Waals surface area contributed by atoms with Gasteiger partial charge in [-0.05, 0) is 37.2 Å². The number of aliphatic hydroxyl groups is 1. The van der Waals surface area contributed by atoms with E-state index in [1.54, 1.807) is 0 Å². The fourth-order valence-electron chi connectivity index (χ4n) is 2.35. The maximum atomic E-state index is 9.79. The molecule has 2 nitrogen and oxygen atoms in total. The fourth-order valence-corrected chi connectivity index (χ4v) is 2.35. The average molecular weight is 201 g/mol. The van der Waals surface area contributed by atoms with E-state index < -0.39 is 5.60 Å². The van der Waals surface area contributed by atoms with E-state index in [1.165, 1.54) is 5.56 Å². The largest absolute Gasteiger partial charge is 0.375 e. The number of nitriles is 1. The first-order chi connectivity index (χ1) is 7.22. The Morgan fingerprint density at radius 2 is 2.13 bits per heavy atom. The van der Waals surface area contributed by atoms with Crippen LogP contribution in [0.25, 0.3) is 0 Å². The number of hydrogen-bond donors (Lipinski definition) is 1. The molecule has 15 heavy (non-hydrogen) atoms. The molecular weight excluding hydrogens is 186 g/mol. The highest BCUT2D eigenvalue weighted by atomic mass is 16.3. The van der Waals surface area contributed by atoms with Crippen LogP contribution in [0.3, 0.4) is 0 Å². The van der Waals surface area contributed by atoms with E-state index in [0.717, 1.165) is 12.8 Å². The summed E-state index contributed by atoms with van der Waals surface area (Å²) in [7, 11) is 0. The number of benzene rings is 1. The van der Waals surface area contributed by atoms with Crippen LogP contribution in [-0.4, -0.2) is 10.7 Å². The van der Waals surface area contributed by atoms with Gasteiger partial charge in [0.25, 0.3) is 0 Å². The molecule has 0 aromatic heterocycles. The third kappa shape index (κ3) is 2.37. The second-order valence-corrected chi connectivity index (χ2v) is 4.44. The van der Waals surface area contributed by atoms with E-state index in [0.29, 0.717) is 18.8 Å². The van der Waals surface area contributed by atoms with Gasteiger partial charge in [-0.15, -0.1) is 0 Å². The molecule has 0 spiro atoms. The predicted molar refractivity (Wildman–Crippen MR) is 58.0 cm³/mol. The lowest BCUT2D eigenvalue weighted by Crippen LogP contribution is -2.21. The molecule has 0 heterocycles. The minimum absolute atomic E-state index is 0.456. The predicted octanol–water partition coefficient (Wildman–Crippen LogP) is 2.28. The van der Waals surface area contributed by atoms with Crippen LogP contribution in [0.15, 0.2) is 30.3 Å². The zero-order valence-corrected chi connectivity index (χ0v) is 8.69. The van der Waals surface area contributed by atoms with Crippen molar-refractivity contribution in [1.82, 2.24) is 0 Å². The molecule has 1 aliphatic rings. The molecule has 1 N–H and O–H groups in total. The monoisotopic (exact) mass is 201 g/mol. The maximum Gasteiger partial charge on any atom is 0.151 e. The Balaban J connectivity index is 1.97. The summed E-state index contributed by atoms with van der Waals surface area (Å²) in [6, 6.07) is 12.3. The Morgan fingerprint density at radius 3 is 2.73 bits per heavy atom. The lowest BCUT2D eigenvalue weighted by atomic mass is 9.96. The van der Waals surface area contributed by atoms with Gasteiger partial charge in [0.2, 0.25) is 0 Å². The minimum atomic E-state index is -1.06. The summed E-state index contributed by atoms with van der Waals surface area (Å²) in [6.07, 6.45) is 3.18. The van der Waals surface area contributed by atoms with Crippen LogP contribution < -0.4 is 0 Å². The van der Waals surface area contributed by atoms with Gasteiger partial charge in [-0.2, -0.15) is 5.26 Å². The fraction of sp³-hybridized carbons (Fsp3) is 0.462. The first-order valence-electron chi connectivity index (χ1n) is 5.39. The smallest absolute Gasteiger partial charge is 0.151 e. The SMILES string of the molecule is N#CC1(O)CCC(Cc2ccccc2)C1. The summed E-state index contributed by atoms with van der Waals surface area (Å²) in [4.78, 5) is 0. The van der Waals surface area contributed by atoms with Crippen molar-refractivity contribution in [1.29, 1.82) is 5.26 Å². The first-order valence-corrected chi connectivity index (χ1v) is 5.39. The van der Waals surface area contributed by atoms with Gasteiger partial charge in [0.15, 0.2) is 5.60 Å². The van der Waals surface area contributed by atoms with E-state index in [2.05, 4.69) is 12.1 Å². The van der Waals surface area contributed by atoms with Crippen LogP contribution in [0.4, 0.5) is 0 Å². The second kappa shape index (κ2) is 4.04. The molecule has 1 aromatic carbocycles. The van der Waals surface area contributed by atoms with Gasteiger partial charge in [0.05, 0.1) is 6.07 Å². The van der Waals surface area contributed by atoms with Crippen molar-refractivity contribution in [3.05, 3.63) is 35.9 Å². The van der Waals surface area contributed by atoms with E-state index in [-0.39, 0.29) is 0 Å². The highest BCUT2D eigenvalue weighted by Crippen LogP contribution is 2.35. The average Bonchev–Trinajstić information content (AvgIpc) is 2.63. The van der Waals surface area contributed by atoms with Gasteiger partial charge in [0.1, 0.15) is 0 Å². The van der Waals surface area contributed by atoms with E-state index in [9.17, 15) is 5.11 Å². The Labute approximate surface area is 90.2 Å². The van der Waals surface area contributed by atoms with E-state index in [1.807, 2.05) is 24.3 Å². The van der Waals surface area contributed by atoms with Crippen molar-refractivity contribution >= 4 is 0 Å². The zero-order chi connectivity index (χ0) is 10.7. The van der Waals surface area contributed by atoms with Crippen molar-refractivity contribution in [3.63, 3.8) is 0 Å². The molecular formula is C13H15NO. The third-order valence-electron chi connectivity index (χ3n) is 3.17. The first kappa shape index (κ1) is 10.2. The normalized spacial score (nSPS) is 30.0. The standard InChI is InChI=1S/C13H15NO/c14-10-13(15)7-6-12(9-13)8-11-4-2-1-3-5-11/h1-5,12,15H,6-9H2. The summed E-state index contributed by atoms with van der Waals surface area (Å²) in [5.74, 6) is 0.456. The van der Waals surface area contributed by atoms with Crippen molar-refractivity contribution in [2.24, 2.45) is 5.92 Å². The molecule has 0 saturated heterocycles. The van der Waals surface area contributed by atoms with Crippen LogP contribution in [0.1, 0.15) is 24.8 Å². The Morgan fingerprint density at radius 1 is 1.40 bits per heavy atom. The molecule has 0 amide bonds. The molecule has 1 fully saturated rings. The highest BCUT2D eigenvalue weighted by molar-refractivity contribution is 5.16. The van der Waals surface area contributed by atoms with Crippen molar-refractivity contribution in [2.75, 3.05) is 0 Å². The van der Waals surface area contributed by atoms with Crippen LogP contribution in [0.2, 0.25) is 0 Å². The molecule has 2 unspecified atom stereocenters. The Hall–Kier alpha value is -1.33. The van der Waals surface area contributed by atoms with Gasteiger partial charge in [-0.3, -0.25) is 0 Å². The minimum Gasteiger partial charge on any atom is -0.375 e. The molecule has 78 valence electrons. The van der Waals surface area contributed by atoms with Crippen molar-refractivity contribution in [3.8, 4) is 6.07 Å². The number of rotatable bonds is 2. The summed E-state index contributed by atoms with van der Waals surface area (Å²) >= 11 is 0. The van der Waals surface area contributed by atoms with Crippen LogP contribution in [0.5, 0.6) is 0 Å². The summed E-state index contributed by atoms with van der Waals surface area (Å²) < 4.78 is 0. The van der Waals surface area contributed by atoms with Gasteiger partial charge < -0.3 is 5.11 Å². The van der Waals surface area contributed by atoms with Crippen molar-refractivity contribution < 1.29 is 5.11 Å². The molecule has 2 rings (SSSR count). The second-order valence-electron chi connectivity index (χ2n) is 4.44. The maximum absolute atomic E-state index is 9.79. The third-order valence-corrected chi connectivity index (χ3v) is 3.17. The summed E-state index contributed by atoms with van der Waals surface area (Å²) in [5.41, 5.74) is 0.240. The van der Waals surface area contributed by atoms with E-state index in [4.69, 9.17) is 5.26 Å². The van der Waals surface area contributed by atoms with Crippen LogP contribution in [-0.2, 0) is 6.42 Å². The molecule has 1 aliphatic carbocycles. The van der Waals surface area contributed by atoms with Gasteiger partial charge >= 0.3 is 0 Å². The summed E-state index contributed by atoms with van der Waals surface area (Å²) in [5, 5.41) is 18.6. The topological polar surface area (TPSA) is 44.0 Å². The van der Waals surface area contributed by atoms with Gasteiger partial charge in [-0.1, -0.05) is 30.3 Å². The number of hydrogen-bond acceptors (Lipinski definition) is 2. The lowest BCUT2D eigenvalue weighted by molar-refractivity contribution is 0.102. The Bertz CT molecular complexity index is 368. The Kier molecular flexibility index (Phi) is 2.75. The molecule has 2 heteroatoms. The van der Waals surface area contributed by atoms with Crippen LogP contribution in [0, 0.1) is 17.2 Å². The molecule has 2 atom stereocenters. The zero-order valence-electron chi connectivity index (χ0n) is 8.69. The van der Waals surface area contributed by atoms with Crippen molar-refractivity contribution in [2.45, 2.75) is 31.3 Å². The summed E-state index contributed by atoms with van der Waals surface area (Å²) in [6.45, 7) is 0. The molecule has 0 aliphatic heterocycles. The number of nitrogens with zero attached hydrogens (tertiary/aromatic N) is 1. The van der Waals surface area contributed by atoms with Crippen LogP contribution >= 0.6 is 0 Å². The molecule has 0 bridgehead atoms. The molecule has 1 aromatic rings. The van der Waals surface area contributed by atoms with Gasteiger partial charge in [-0.25, -0.2) is 0 Å². The lowest BCUT2D eigenvalue weighted by Gasteiger charge is -2.13. The highest BCUT2D eigenvalue weighted by Gasteiger charge is 2.37. The van der Waals surface area contributed by atoms with E-state index >= 15 is 0 Å². The molecule has 0 radical (unpaired) electrons. The molecule has 1 saturated carbocycles.